The minimum absolute atomic E-state index is 0.00274. The molecular weight excluding hydrogens is 552 g/mol. The maximum Gasteiger partial charge on any atom is 0.239 e. The molecule has 0 saturated carbocycles. The molecule has 41 heavy (non-hydrogen) atoms. The Hall–Kier alpha value is -3.67. The van der Waals surface area contributed by atoms with Crippen molar-refractivity contribution in [1.82, 2.24) is 0 Å². The van der Waals surface area contributed by atoms with Crippen molar-refractivity contribution in [3.05, 3.63) is 40.6 Å². The maximum absolute atomic E-state index is 13.6. The number of aliphatic hydroxyl groups excluding tert-OH is 6. The van der Waals surface area contributed by atoms with Crippen molar-refractivity contribution in [2.24, 2.45) is 0 Å². The standard InChI is InChI=1S/C26H28O15/c1-8-17(31)20(34)22(36)26(38-8)39-10-5-13(29)16-15(6-10)40-23(9-2-3-11(27)12(28)4-9)24(19(16)33)41-25-21(35)18(32)14(30)7-37-25/h2-6,8,14,17-18,20-22,25-32,34-36H,7H2,1H3/t8?,14-,17+,18?,20+,21?,22?,25+,26+/m1/s1. The summed E-state index contributed by atoms with van der Waals surface area (Å²) < 4.78 is 27.7. The molecule has 15 heteroatoms. The molecule has 9 atom stereocenters. The minimum atomic E-state index is -1.79. The van der Waals surface area contributed by atoms with Crippen LogP contribution in [-0.4, -0.2) is 108 Å². The molecule has 2 fully saturated rings. The predicted molar refractivity (Wildman–Crippen MR) is 134 cm³/mol. The van der Waals surface area contributed by atoms with Gasteiger partial charge in [0.05, 0.1) is 12.7 Å². The van der Waals surface area contributed by atoms with Gasteiger partial charge in [0.15, 0.2) is 17.3 Å². The topological polar surface area (TPSA) is 249 Å². The Kier molecular flexibility index (Phi) is 7.71. The van der Waals surface area contributed by atoms with Crippen molar-refractivity contribution in [3.63, 3.8) is 0 Å². The number of benzene rings is 2. The first-order valence-corrected chi connectivity index (χ1v) is 12.4. The van der Waals surface area contributed by atoms with Crippen LogP contribution >= 0.6 is 0 Å². The summed E-state index contributed by atoms with van der Waals surface area (Å²) >= 11 is 0. The lowest BCUT2D eigenvalue weighted by atomic mass is 10.00. The van der Waals surface area contributed by atoms with Crippen molar-refractivity contribution in [3.8, 4) is 40.1 Å². The van der Waals surface area contributed by atoms with Crippen LogP contribution in [0, 0.1) is 0 Å². The highest BCUT2D eigenvalue weighted by Crippen LogP contribution is 2.39. The lowest BCUT2D eigenvalue weighted by molar-refractivity contribution is -0.268. The van der Waals surface area contributed by atoms with Crippen LogP contribution in [0.4, 0.5) is 0 Å². The molecule has 5 rings (SSSR count). The van der Waals surface area contributed by atoms with Gasteiger partial charge in [-0.3, -0.25) is 4.79 Å². The molecule has 3 heterocycles. The number of rotatable bonds is 5. The van der Waals surface area contributed by atoms with E-state index in [1.807, 2.05) is 0 Å². The highest BCUT2D eigenvalue weighted by atomic mass is 16.7. The molecule has 0 bridgehead atoms. The van der Waals surface area contributed by atoms with E-state index in [0.717, 1.165) is 24.3 Å². The first-order valence-electron chi connectivity index (χ1n) is 12.4. The van der Waals surface area contributed by atoms with Gasteiger partial charge in [-0.05, 0) is 25.1 Å². The van der Waals surface area contributed by atoms with Crippen molar-refractivity contribution in [2.45, 2.75) is 62.2 Å². The van der Waals surface area contributed by atoms with E-state index in [9.17, 15) is 50.8 Å². The van der Waals surface area contributed by atoms with Crippen LogP contribution in [0.2, 0.25) is 0 Å². The highest BCUT2D eigenvalue weighted by molar-refractivity contribution is 5.88. The third-order valence-electron chi connectivity index (χ3n) is 6.89. The van der Waals surface area contributed by atoms with Crippen molar-refractivity contribution >= 4 is 11.0 Å². The summed E-state index contributed by atoms with van der Waals surface area (Å²) in [6.07, 6.45) is -13.6. The molecule has 15 nitrogen and oxygen atoms in total. The third kappa shape index (κ3) is 5.25. The van der Waals surface area contributed by atoms with Crippen LogP contribution in [0.15, 0.2) is 39.5 Å². The van der Waals surface area contributed by atoms with Crippen LogP contribution in [0.5, 0.6) is 28.7 Å². The second kappa shape index (κ2) is 11.0. The number of aliphatic hydroxyl groups is 6. The van der Waals surface area contributed by atoms with E-state index in [2.05, 4.69) is 0 Å². The lowest BCUT2D eigenvalue weighted by Gasteiger charge is -2.38. The average Bonchev–Trinajstić information content (AvgIpc) is 2.93. The predicted octanol–water partition coefficient (Wildman–Crippen LogP) is -1.40. The molecule has 3 aromatic rings. The van der Waals surface area contributed by atoms with Gasteiger partial charge < -0.3 is 69.3 Å². The van der Waals surface area contributed by atoms with Gasteiger partial charge in [-0.2, -0.15) is 0 Å². The van der Waals surface area contributed by atoms with E-state index in [1.165, 1.54) is 13.0 Å². The fraction of sp³-hybridized carbons (Fsp3) is 0.423. The van der Waals surface area contributed by atoms with E-state index in [-0.39, 0.29) is 22.7 Å². The van der Waals surface area contributed by atoms with Crippen LogP contribution < -0.4 is 14.9 Å². The number of aromatic hydroxyl groups is 3. The van der Waals surface area contributed by atoms with Crippen LogP contribution in [0.3, 0.4) is 0 Å². The largest absolute Gasteiger partial charge is 0.507 e. The molecule has 4 unspecified atom stereocenters. The molecule has 0 aliphatic carbocycles. The summed E-state index contributed by atoms with van der Waals surface area (Å²) in [5.74, 6) is -2.88. The quantitative estimate of drug-likeness (QED) is 0.157. The molecule has 2 saturated heterocycles. The Morgan fingerprint density at radius 1 is 0.780 bits per heavy atom. The lowest BCUT2D eigenvalue weighted by Crippen LogP contribution is -2.58. The number of phenolic OH excluding ortho intramolecular Hbond substituents is 3. The zero-order valence-corrected chi connectivity index (χ0v) is 21.3. The van der Waals surface area contributed by atoms with Gasteiger partial charge in [0.25, 0.3) is 0 Å². The van der Waals surface area contributed by atoms with E-state index in [0.29, 0.717) is 0 Å². The number of fused-ring (bicyclic) bond motifs is 1. The van der Waals surface area contributed by atoms with Crippen LogP contribution in [-0.2, 0) is 9.47 Å². The molecular formula is C26H28O15. The van der Waals surface area contributed by atoms with Gasteiger partial charge in [-0.15, -0.1) is 0 Å². The summed E-state index contributed by atoms with van der Waals surface area (Å²) in [5.41, 5.74) is -1.25. The summed E-state index contributed by atoms with van der Waals surface area (Å²) in [6.45, 7) is 1.00. The Morgan fingerprint density at radius 3 is 2.20 bits per heavy atom. The summed E-state index contributed by atoms with van der Waals surface area (Å²) in [7, 11) is 0. The minimum Gasteiger partial charge on any atom is -0.507 e. The number of ether oxygens (including phenoxy) is 4. The molecule has 0 spiro atoms. The van der Waals surface area contributed by atoms with E-state index < -0.39 is 95.7 Å². The van der Waals surface area contributed by atoms with Crippen LogP contribution in [0.25, 0.3) is 22.3 Å². The van der Waals surface area contributed by atoms with Crippen molar-refractivity contribution in [2.75, 3.05) is 6.61 Å². The van der Waals surface area contributed by atoms with Crippen molar-refractivity contribution < 1.29 is 69.3 Å². The SMILES string of the molecule is CC1O[C@@H](Oc2cc(O)c3c(=O)c(O[C@@H]4OC[C@@H](O)C(O)C4O)c(-c4ccc(O)c(O)c4)oc3c2)C(O)[C@@H](O)[C@H]1O. The molecule has 9 N–H and O–H groups in total. The second-order valence-corrected chi connectivity index (χ2v) is 9.78. The summed E-state index contributed by atoms with van der Waals surface area (Å²) in [6, 6.07) is 5.57. The molecule has 1 aromatic heterocycles. The van der Waals surface area contributed by atoms with Gasteiger partial charge in [0.1, 0.15) is 59.1 Å². The van der Waals surface area contributed by atoms with Gasteiger partial charge in [0.2, 0.25) is 23.8 Å². The van der Waals surface area contributed by atoms with Crippen molar-refractivity contribution in [1.29, 1.82) is 0 Å². The fourth-order valence-electron chi connectivity index (χ4n) is 4.53. The Balaban J connectivity index is 1.60. The number of phenols is 3. The normalized spacial score (nSPS) is 32.1. The summed E-state index contributed by atoms with van der Waals surface area (Å²) in [5, 5.41) is 90.5. The van der Waals surface area contributed by atoms with E-state index in [1.54, 1.807) is 0 Å². The zero-order chi connectivity index (χ0) is 29.7. The molecule has 222 valence electrons. The molecule has 2 aromatic carbocycles. The van der Waals surface area contributed by atoms with Gasteiger partial charge >= 0.3 is 0 Å². The summed E-state index contributed by atoms with van der Waals surface area (Å²) in [4.78, 5) is 13.6. The van der Waals surface area contributed by atoms with E-state index in [4.69, 9.17) is 23.4 Å². The second-order valence-electron chi connectivity index (χ2n) is 9.78. The van der Waals surface area contributed by atoms with Gasteiger partial charge in [0, 0.05) is 17.7 Å². The Morgan fingerprint density at radius 2 is 1.49 bits per heavy atom. The highest BCUT2D eigenvalue weighted by Gasteiger charge is 2.43. The average molecular weight is 580 g/mol. The number of hydrogen-bond acceptors (Lipinski definition) is 15. The Labute approximate surface area is 230 Å². The molecule has 0 amide bonds. The Bertz CT molecular complexity index is 1490. The fourth-order valence-corrected chi connectivity index (χ4v) is 4.53. The maximum atomic E-state index is 13.6. The third-order valence-corrected chi connectivity index (χ3v) is 6.89. The van der Waals surface area contributed by atoms with E-state index >= 15 is 0 Å². The smallest absolute Gasteiger partial charge is 0.239 e. The van der Waals surface area contributed by atoms with Crippen LogP contribution in [0.1, 0.15) is 6.92 Å². The van der Waals surface area contributed by atoms with Gasteiger partial charge in [-0.1, -0.05) is 0 Å². The first-order chi connectivity index (χ1) is 19.4. The number of hydrogen-bond donors (Lipinski definition) is 9. The first kappa shape index (κ1) is 28.8. The molecule has 2 aliphatic rings. The monoisotopic (exact) mass is 580 g/mol. The molecule has 2 aliphatic heterocycles. The van der Waals surface area contributed by atoms with Gasteiger partial charge in [-0.25, -0.2) is 0 Å². The molecule has 0 radical (unpaired) electrons. The zero-order valence-electron chi connectivity index (χ0n) is 21.3.